The molecule has 0 aliphatic carbocycles. The first-order valence-electron chi connectivity index (χ1n) is 9.03. The zero-order chi connectivity index (χ0) is 20.1. The number of anilines is 1. The maximum atomic E-state index is 12.3. The second-order valence-electron chi connectivity index (χ2n) is 6.47. The van der Waals surface area contributed by atoms with Gasteiger partial charge in [0, 0.05) is 11.8 Å². The molecule has 1 atom stereocenters. The van der Waals surface area contributed by atoms with Crippen LogP contribution >= 0.6 is 0 Å². The number of benzene rings is 2. The van der Waals surface area contributed by atoms with Crippen molar-refractivity contribution in [1.82, 2.24) is 0 Å². The van der Waals surface area contributed by atoms with Crippen molar-refractivity contribution in [3.05, 3.63) is 47.5 Å². The highest BCUT2D eigenvalue weighted by Gasteiger charge is 2.20. The number of carbonyl (C=O) groups is 2. The SMILES string of the molecule is Cc1cccc(OCC(=O)O[C@H](C)C(=O)Nc2ccc3c(c2)OCCO3)c1C. The van der Waals surface area contributed by atoms with Crippen LogP contribution in [0.3, 0.4) is 0 Å². The zero-order valence-corrected chi connectivity index (χ0v) is 16.1. The van der Waals surface area contributed by atoms with Gasteiger partial charge in [0.25, 0.3) is 5.91 Å². The van der Waals surface area contributed by atoms with Gasteiger partial charge >= 0.3 is 5.97 Å². The van der Waals surface area contributed by atoms with Crippen molar-refractivity contribution in [2.24, 2.45) is 0 Å². The van der Waals surface area contributed by atoms with Crippen molar-refractivity contribution >= 4 is 17.6 Å². The number of carbonyl (C=O) groups excluding carboxylic acids is 2. The topological polar surface area (TPSA) is 83.1 Å². The third kappa shape index (κ3) is 4.73. The van der Waals surface area contributed by atoms with Gasteiger partial charge in [0.1, 0.15) is 19.0 Å². The second-order valence-corrected chi connectivity index (χ2v) is 6.47. The zero-order valence-electron chi connectivity index (χ0n) is 16.1. The quantitative estimate of drug-likeness (QED) is 0.770. The van der Waals surface area contributed by atoms with Crippen LogP contribution < -0.4 is 19.5 Å². The Morgan fingerprint density at radius 1 is 1.11 bits per heavy atom. The molecule has 0 unspecified atom stereocenters. The molecule has 1 heterocycles. The molecule has 1 aliphatic heterocycles. The fourth-order valence-electron chi connectivity index (χ4n) is 2.67. The molecule has 2 aromatic rings. The molecule has 2 aromatic carbocycles. The monoisotopic (exact) mass is 385 g/mol. The molecule has 7 heteroatoms. The molecule has 3 rings (SSSR count). The Balaban J connectivity index is 1.51. The minimum Gasteiger partial charge on any atom is -0.486 e. The molecule has 0 saturated carbocycles. The van der Waals surface area contributed by atoms with E-state index in [0.717, 1.165) is 11.1 Å². The summed E-state index contributed by atoms with van der Waals surface area (Å²) in [5, 5.41) is 2.70. The lowest BCUT2D eigenvalue weighted by molar-refractivity contribution is -0.155. The summed E-state index contributed by atoms with van der Waals surface area (Å²) in [7, 11) is 0. The van der Waals surface area contributed by atoms with Crippen LogP contribution in [-0.2, 0) is 14.3 Å². The van der Waals surface area contributed by atoms with Gasteiger partial charge in [-0.3, -0.25) is 4.79 Å². The van der Waals surface area contributed by atoms with Crippen molar-refractivity contribution < 1.29 is 28.5 Å². The number of rotatable bonds is 6. The van der Waals surface area contributed by atoms with Gasteiger partial charge in [0.2, 0.25) is 0 Å². The molecule has 0 radical (unpaired) electrons. The molecular weight excluding hydrogens is 362 g/mol. The summed E-state index contributed by atoms with van der Waals surface area (Å²) >= 11 is 0. The van der Waals surface area contributed by atoms with Gasteiger partial charge in [-0.25, -0.2) is 4.79 Å². The number of amides is 1. The Morgan fingerprint density at radius 2 is 1.86 bits per heavy atom. The second kappa shape index (κ2) is 8.65. The highest BCUT2D eigenvalue weighted by molar-refractivity contribution is 5.95. The molecule has 0 saturated heterocycles. The Kier molecular flexibility index (Phi) is 6.03. The number of hydrogen-bond acceptors (Lipinski definition) is 6. The van der Waals surface area contributed by atoms with Crippen molar-refractivity contribution in [3.63, 3.8) is 0 Å². The van der Waals surface area contributed by atoms with Crippen LogP contribution in [0.1, 0.15) is 18.1 Å². The smallest absolute Gasteiger partial charge is 0.344 e. The first kappa shape index (κ1) is 19.5. The highest BCUT2D eigenvalue weighted by atomic mass is 16.6. The van der Waals surface area contributed by atoms with E-state index in [4.69, 9.17) is 18.9 Å². The number of nitrogens with one attached hydrogen (secondary N) is 1. The van der Waals surface area contributed by atoms with E-state index in [2.05, 4.69) is 5.32 Å². The van der Waals surface area contributed by atoms with Gasteiger partial charge in [0.05, 0.1) is 0 Å². The van der Waals surface area contributed by atoms with Crippen molar-refractivity contribution in [2.75, 3.05) is 25.1 Å². The Morgan fingerprint density at radius 3 is 2.64 bits per heavy atom. The summed E-state index contributed by atoms with van der Waals surface area (Å²) < 4.78 is 21.6. The molecule has 0 bridgehead atoms. The summed E-state index contributed by atoms with van der Waals surface area (Å²) in [5.74, 6) is 0.746. The molecule has 0 fully saturated rings. The van der Waals surface area contributed by atoms with Gasteiger partial charge in [-0.2, -0.15) is 0 Å². The summed E-state index contributed by atoms with van der Waals surface area (Å²) in [4.78, 5) is 24.3. The molecule has 0 aromatic heterocycles. The van der Waals surface area contributed by atoms with E-state index in [-0.39, 0.29) is 6.61 Å². The van der Waals surface area contributed by atoms with Gasteiger partial charge in [-0.15, -0.1) is 0 Å². The average molecular weight is 385 g/mol. The number of hydrogen-bond donors (Lipinski definition) is 1. The molecule has 148 valence electrons. The maximum absolute atomic E-state index is 12.3. The molecule has 0 spiro atoms. The lowest BCUT2D eigenvalue weighted by Crippen LogP contribution is -2.31. The van der Waals surface area contributed by atoms with E-state index < -0.39 is 18.0 Å². The molecule has 1 N–H and O–H groups in total. The summed E-state index contributed by atoms with van der Waals surface area (Å²) in [6.07, 6.45) is -0.970. The van der Waals surface area contributed by atoms with Crippen LogP contribution in [0.15, 0.2) is 36.4 Å². The lowest BCUT2D eigenvalue weighted by atomic mass is 10.1. The normalized spacial score (nSPS) is 13.4. The minimum absolute atomic E-state index is 0.272. The fourth-order valence-corrected chi connectivity index (χ4v) is 2.67. The molecular formula is C21H23NO6. The van der Waals surface area contributed by atoms with Gasteiger partial charge in [-0.1, -0.05) is 12.1 Å². The predicted octanol–water partition coefficient (Wildman–Crippen LogP) is 3.02. The standard InChI is InChI=1S/C21H23NO6/c1-13-5-4-6-17(14(13)2)27-12-20(23)28-15(3)21(24)22-16-7-8-18-19(11-16)26-10-9-25-18/h4-8,11,15H,9-10,12H2,1-3H3,(H,22,24)/t15-/m1/s1. The number of ether oxygens (including phenoxy) is 4. The van der Waals surface area contributed by atoms with E-state index in [9.17, 15) is 9.59 Å². The van der Waals surface area contributed by atoms with Crippen molar-refractivity contribution in [2.45, 2.75) is 26.9 Å². The highest BCUT2D eigenvalue weighted by Crippen LogP contribution is 2.32. The Hall–Kier alpha value is -3.22. The average Bonchev–Trinajstić information content (AvgIpc) is 2.69. The first-order valence-corrected chi connectivity index (χ1v) is 9.03. The van der Waals surface area contributed by atoms with Gasteiger partial charge in [0.15, 0.2) is 24.2 Å². The maximum Gasteiger partial charge on any atom is 0.344 e. The van der Waals surface area contributed by atoms with Crippen LogP contribution in [0.25, 0.3) is 0 Å². The van der Waals surface area contributed by atoms with E-state index in [0.29, 0.717) is 36.1 Å². The van der Waals surface area contributed by atoms with Crippen LogP contribution in [0.5, 0.6) is 17.2 Å². The summed E-state index contributed by atoms with van der Waals surface area (Å²) in [6, 6.07) is 10.7. The fraction of sp³-hybridized carbons (Fsp3) is 0.333. The van der Waals surface area contributed by atoms with E-state index in [1.807, 2.05) is 26.0 Å². The number of esters is 1. The van der Waals surface area contributed by atoms with Gasteiger partial charge < -0.3 is 24.3 Å². The largest absolute Gasteiger partial charge is 0.486 e. The molecule has 28 heavy (non-hydrogen) atoms. The minimum atomic E-state index is -0.970. The first-order chi connectivity index (χ1) is 13.4. The van der Waals surface area contributed by atoms with Crippen LogP contribution in [-0.4, -0.2) is 37.8 Å². The molecule has 1 amide bonds. The Labute approximate surface area is 163 Å². The lowest BCUT2D eigenvalue weighted by Gasteiger charge is -2.19. The summed E-state index contributed by atoms with van der Waals surface area (Å²) in [5.41, 5.74) is 2.56. The van der Waals surface area contributed by atoms with Crippen LogP contribution in [0.2, 0.25) is 0 Å². The third-order valence-corrected chi connectivity index (χ3v) is 4.39. The van der Waals surface area contributed by atoms with E-state index in [1.165, 1.54) is 6.92 Å². The number of fused-ring (bicyclic) bond motifs is 1. The predicted molar refractivity (Wildman–Crippen MR) is 103 cm³/mol. The Bertz CT molecular complexity index is 879. The molecule has 1 aliphatic rings. The van der Waals surface area contributed by atoms with Crippen LogP contribution in [0.4, 0.5) is 5.69 Å². The van der Waals surface area contributed by atoms with Crippen molar-refractivity contribution in [1.29, 1.82) is 0 Å². The molecule has 7 nitrogen and oxygen atoms in total. The summed E-state index contributed by atoms with van der Waals surface area (Å²) in [6.45, 7) is 6.06. The number of aryl methyl sites for hydroxylation is 1. The third-order valence-electron chi connectivity index (χ3n) is 4.39. The van der Waals surface area contributed by atoms with E-state index in [1.54, 1.807) is 24.3 Å². The van der Waals surface area contributed by atoms with Crippen molar-refractivity contribution in [3.8, 4) is 17.2 Å². The van der Waals surface area contributed by atoms with Gasteiger partial charge in [-0.05, 0) is 50.1 Å². The van der Waals surface area contributed by atoms with E-state index >= 15 is 0 Å². The van der Waals surface area contributed by atoms with Crippen LogP contribution in [0, 0.1) is 13.8 Å².